The Morgan fingerprint density at radius 3 is 3.08 bits per heavy atom. The first-order chi connectivity index (χ1) is 5.77. The Hall–Kier alpha value is -1.22. The minimum absolute atomic E-state index is 0.339. The highest BCUT2D eigenvalue weighted by atomic mass is 16.3. The number of nitrogens with one attached hydrogen (secondary N) is 1. The fourth-order valence-electron chi connectivity index (χ4n) is 1.62. The Kier molecular flexibility index (Phi) is 1.66. The molecule has 0 radical (unpaired) electrons. The quantitative estimate of drug-likeness (QED) is 0.493. The first-order valence-electron chi connectivity index (χ1n) is 4.08. The van der Waals surface area contributed by atoms with E-state index in [0.717, 1.165) is 30.6 Å². The van der Waals surface area contributed by atoms with Gasteiger partial charge in [0.1, 0.15) is 5.75 Å². The summed E-state index contributed by atoms with van der Waals surface area (Å²) in [6.07, 6.45) is 0.890. The fourth-order valence-corrected chi connectivity index (χ4v) is 1.62. The van der Waals surface area contributed by atoms with Crippen molar-refractivity contribution in [3.8, 4) is 5.75 Å². The summed E-state index contributed by atoms with van der Waals surface area (Å²) in [7, 11) is 0. The zero-order valence-electron chi connectivity index (χ0n) is 6.80. The van der Waals surface area contributed by atoms with E-state index in [1.807, 2.05) is 6.07 Å². The van der Waals surface area contributed by atoms with E-state index in [0.29, 0.717) is 11.4 Å². The predicted octanol–water partition coefficient (Wildman–Crippen LogP) is 0.620. The molecule has 2 rings (SSSR count). The second kappa shape index (κ2) is 2.68. The fraction of sp³-hybridized carbons (Fsp3) is 0.333. The number of phenolic OH excluding ortho intramolecular Hbond substituents is 1. The van der Waals surface area contributed by atoms with Crippen LogP contribution >= 0.6 is 0 Å². The topological polar surface area (TPSA) is 58.3 Å². The molecular weight excluding hydrogens is 152 g/mol. The lowest BCUT2D eigenvalue weighted by Crippen LogP contribution is -2.23. The highest BCUT2D eigenvalue weighted by Gasteiger charge is 2.12. The summed E-state index contributed by atoms with van der Waals surface area (Å²) < 4.78 is 0. The zero-order chi connectivity index (χ0) is 8.55. The Bertz CT molecular complexity index is 310. The van der Waals surface area contributed by atoms with Gasteiger partial charge < -0.3 is 16.2 Å². The van der Waals surface area contributed by atoms with Gasteiger partial charge in [0.25, 0.3) is 0 Å². The van der Waals surface area contributed by atoms with Gasteiger partial charge in [-0.1, -0.05) is 0 Å². The van der Waals surface area contributed by atoms with E-state index in [1.54, 1.807) is 6.07 Å². The molecule has 0 saturated carbocycles. The van der Waals surface area contributed by atoms with E-state index in [4.69, 9.17) is 5.73 Å². The molecule has 0 aliphatic carbocycles. The number of rotatable bonds is 0. The molecule has 64 valence electrons. The summed E-state index contributed by atoms with van der Waals surface area (Å²) in [5.74, 6) is 0.339. The van der Waals surface area contributed by atoms with E-state index in [1.165, 1.54) is 0 Å². The zero-order valence-corrected chi connectivity index (χ0v) is 6.80. The Morgan fingerprint density at radius 1 is 1.42 bits per heavy atom. The smallest absolute Gasteiger partial charge is 0.121 e. The molecule has 3 nitrogen and oxygen atoms in total. The summed E-state index contributed by atoms with van der Waals surface area (Å²) in [5, 5.41) is 12.8. The van der Waals surface area contributed by atoms with E-state index in [9.17, 15) is 5.11 Å². The van der Waals surface area contributed by atoms with Crippen LogP contribution in [0.3, 0.4) is 0 Å². The molecule has 0 aromatic heterocycles. The van der Waals surface area contributed by atoms with Gasteiger partial charge in [-0.2, -0.15) is 0 Å². The van der Waals surface area contributed by atoms with Crippen LogP contribution in [-0.4, -0.2) is 11.7 Å². The average molecular weight is 164 g/mol. The third-order valence-corrected chi connectivity index (χ3v) is 2.21. The van der Waals surface area contributed by atoms with E-state index in [-0.39, 0.29) is 0 Å². The average Bonchev–Trinajstić information content (AvgIpc) is 2.04. The van der Waals surface area contributed by atoms with Gasteiger partial charge in [-0.25, -0.2) is 0 Å². The number of hydrogen-bond acceptors (Lipinski definition) is 3. The summed E-state index contributed by atoms with van der Waals surface area (Å²) in [6.45, 7) is 1.75. The van der Waals surface area contributed by atoms with Crippen molar-refractivity contribution in [3.05, 3.63) is 23.3 Å². The van der Waals surface area contributed by atoms with Gasteiger partial charge in [0, 0.05) is 18.3 Å². The first kappa shape index (κ1) is 7.43. The lowest BCUT2D eigenvalue weighted by atomic mass is 9.99. The number of aromatic hydroxyl groups is 1. The van der Waals surface area contributed by atoms with Crippen molar-refractivity contribution >= 4 is 5.69 Å². The maximum atomic E-state index is 9.53. The van der Waals surface area contributed by atoms with Gasteiger partial charge in [0.2, 0.25) is 0 Å². The van der Waals surface area contributed by atoms with E-state index < -0.39 is 0 Å². The van der Waals surface area contributed by atoms with Crippen LogP contribution in [0.2, 0.25) is 0 Å². The molecule has 4 N–H and O–H groups in total. The van der Waals surface area contributed by atoms with Crippen molar-refractivity contribution < 1.29 is 5.11 Å². The van der Waals surface area contributed by atoms with Gasteiger partial charge in [-0.15, -0.1) is 0 Å². The molecule has 0 bridgehead atoms. The molecule has 0 amide bonds. The molecule has 1 aromatic rings. The molecule has 1 aliphatic rings. The molecule has 1 aromatic carbocycles. The maximum Gasteiger partial charge on any atom is 0.121 e. The number of benzene rings is 1. The molecule has 0 unspecified atom stereocenters. The number of hydrogen-bond donors (Lipinski definition) is 3. The third-order valence-electron chi connectivity index (χ3n) is 2.21. The van der Waals surface area contributed by atoms with Crippen LogP contribution in [0.15, 0.2) is 12.1 Å². The summed E-state index contributed by atoms with van der Waals surface area (Å²) in [6, 6.07) is 3.53. The standard InChI is InChI=1S/C9H12N2O/c10-7-3-6-5-11-2-1-8(6)9(12)4-7/h3-4,11-12H,1-2,5,10H2. The van der Waals surface area contributed by atoms with Crippen molar-refractivity contribution in [1.29, 1.82) is 0 Å². The van der Waals surface area contributed by atoms with Crippen molar-refractivity contribution in [3.63, 3.8) is 0 Å². The molecule has 0 spiro atoms. The van der Waals surface area contributed by atoms with Gasteiger partial charge in [0.15, 0.2) is 0 Å². The third kappa shape index (κ3) is 1.12. The predicted molar refractivity (Wildman–Crippen MR) is 47.9 cm³/mol. The number of nitrogens with two attached hydrogens (primary N) is 1. The Morgan fingerprint density at radius 2 is 2.25 bits per heavy atom. The molecular formula is C9H12N2O. The van der Waals surface area contributed by atoms with Gasteiger partial charge in [-0.05, 0) is 30.2 Å². The molecule has 1 heterocycles. The van der Waals surface area contributed by atoms with Gasteiger partial charge in [0.05, 0.1) is 0 Å². The van der Waals surface area contributed by atoms with Crippen molar-refractivity contribution in [1.82, 2.24) is 5.32 Å². The normalized spacial score (nSPS) is 15.7. The minimum atomic E-state index is 0.339. The van der Waals surface area contributed by atoms with E-state index >= 15 is 0 Å². The Balaban J connectivity index is 2.53. The Labute approximate surface area is 71.2 Å². The van der Waals surface area contributed by atoms with Crippen LogP contribution in [0.25, 0.3) is 0 Å². The van der Waals surface area contributed by atoms with Crippen molar-refractivity contribution in [2.45, 2.75) is 13.0 Å². The van der Waals surface area contributed by atoms with Crippen LogP contribution in [0.1, 0.15) is 11.1 Å². The number of anilines is 1. The van der Waals surface area contributed by atoms with Gasteiger partial charge in [-0.3, -0.25) is 0 Å². The minimum Gasteiger partial charge on any atom is -0.508 e. The SMILES string of the molecule is Nc1cc(O)c2c(c1)CNCC2. The molecule has 0 fully saturated rings. The second-order valence-electron chi connectivity index (χ2n) is 3.10. The largest absolute Gasteiger partial charge is 0.508 e. The number of nitrogen functional groups attached to an aromatic ring is 1. The lowest BCUT2D eigenvalue weighted by molar-refractivity contribution is 0.461. The maximum absolute atomic E-state index is 9.53. The second-order valence-corrected chi connectivity index (χ2v) is 3.10. The highest BCUT2D eigenvalue weighted by molar-refractivity contribution is 5.53. The molecule has 0 atom stereocenters. The highest BCUT2D eigenvalue weighted by Crippen LogP contribution is 2.26. The van der Waals surface area contributed by atoms with Gasteiger partial charge >= 0.3 is 0 Å². The van der Waals surface area contributed by atoms with Crippen LogP contribution in [-0.2, 0) is 13.0 Å². The summed E-state index contributed by atoms with van der Waals surface area (Å²) in [5.41, 5.74) is 8.40. The lowest BCUT2D eigenvalue weighted by Gasteiger charge is -2.18. The van der Waals surface area contributed by atoms with Crippen molar-refractivity contribution in [2.24, 2.45) is 0 Å². The van der Waals surface area contributed by atoms with Crippen LogP contribution in [0.5, 0.6) is 5.75 Å². The van der Waals surface area contributed by atoms with Crippen LogP contribution < -0.4 is 11.1 Å². The van der Waals surface area contributed by atoms with Crippen molar-refractivity contribution in [2.75, 3.05) is 12.3 Å². The molecule has 1 aliphatic heterocycles. The molecule has 3 heteroatoms. The van der Waals surface area contributed by atoms with E-state index in [2.05, 4.69) is 5.32 Å². The number of fused-ring (bicyclic) bond motifs is 1. The first-order valence-corrected chi connectivity index (χ1v) is 4.08. The van der Waals surface area contributed by atoms with Crippen LogP contribution in [0.4, 0.5) is 5.69 Å². The molecule has 0 saturated heterocycles. The monoisotopic (exact) mass is 164 g/mol. The van der Waals surface area contributed by atoms with Crippen LogP contribution in [0, 0.1) is 0 Å². The summed E-state index contributed by atoms with van der Waals surface area (Å²) >= 11 is 0. The summed E-state index contributed by atoms with van der Waals surface area (Å²) in [4.78, 5) is 0. The number of phenols is 1. The molecule has 12 heavy (non-hydrogen) atoms.